The van der Waals surface area contributed by atoms with Crippen molar-refractivity contribution in [2.45, 2.75) is 0 Å². The number of nitrogens with zero attached hydrogens (tertiary/aromatic N) is 1. The summed E-state index contributed by atoms with van der Waals surface area (Å²) in [5.74, 6) is -0.492. The molecular weight excluding hydrogens is 286 g/mol. The first kappa shape index (κ1) is 15.3. The first-order valence-corrected chi connectivity index (χ1v) is 6.63. The SMILES string of the molecule is O=C(NCCNc1ccccc1[N+](=O)[O-])c1ccccc1O. The Morgan fingerprint density at radius 1 is 1.09 bits per heavy atom. The van der Waals surface area contributed by atoms with Gasteiger partial charge in [-0.25, -0.2) is 0 Å². The van der Waals surface area contributed by atoms with Crippen molar-refractivity contribution >= 4 is 17.3 Å². The maximum Gasteiger partial charge on any atom is 0.292 e. The molecule has 0 spiro atoms. The van der Waals surface area contributed by atoms with Gasteiger partial charge in [-0.05, 0) is 18.2 Å². The lowest BCUT2D eigenvalue weighted by molar-refractivity contribution is -0.384. The molecule has 3 N–H and O–H groups in total. The molecule has 0 saturated heterocycles. The number of nitro benzene ring substituents is 1. The Hall–Kier alpha value is -3.09. The topological polar surface area (TPSA) is 104 Å². The van der Waals surface area contributed by atoms with Gasteiger partial charge >= 0.3 is 0 Å². The lowest BCUT2D eigenvalue weighted by Gasteiger charge is -2.09. The fourth-order valence-corrected chi connectivity index (χ4v) is 1.92. The third kappa shape index (κ3) is 3.72. The lowest BCUT2D eigenvalue weighted by Crippen LogP contribution is -2.28. The molecule has 0 aliphatic rings. The van der Waals surface area contributed by atoms with Crippen LogP contribution in [0.3, 0.4) is 0 Å². The van der Waals surface area contributed by atoms with E-state index in [0.29, 0.717) is 12.2 Å². The van der Waals surface area contributed by atoms with Gasteiger partial charge in [0, 0.05) is 19.2 Å². The Morgan fingerprint density at radius 3 is 2.50 bits per heavy atom. The number of carbonyl (C=O) groups is 1. The van der Waals surface area contributed by atoms with Crippen LogP contribution in [0, 0.1) is 10.1 Å². The zero-order valence-corrected chi connectivity index (χ0v) is 11.7. The number of para-hydroxylation sites is 3. The summed E-state index contributed by atoms with van der Waals surface area (Å²) in [6.07, 6.45) is 0. The molecule has 0 radical (unpaired) electrons. The van der Waals surface area contributed by atoms with Gasteiger partial charge in [0.2, 0.25) is 0 Å². The van der Waals surface area contributed by atoms with Gasteiger partial charge < -0.3 is 15.7 Å². The van der Waals surface area contributed by atoms with Crippen molar-refractivity contribution in [2.24, 2.45) is 0 Å². The van der Waals surface area contributed by atoms with Crippen molar-refractivity contribution in [3.8, 4) is 5.75 Å². The molecule has 2 rings (SSSR count). The molecule has 0 bridgehead atoms. The molecular formula is C15H15N3O4. The van der Waals surface area contributed by atoms with E-state index in [9.17, 15) is 20.0 Å². The third-order valence-corrected chi connectivity index (χ3v) is 2.98. The zero-order valence-electron chi connectivity index (χ0n) is 11.7. The minimum atomic E-state index is -0.469. The van der Waals surface area contributed by atoms with Crippen LogP contribution in [0.2, 0.25) is 0 Å². The van der Waals surface area contributed by atoms with Crippen LogP contribution in [0.25, 0.3) is 0 Å². The van der Waals surface area contributed by atoms with Crippen molar-refractivity contribution in [1.29, 1.82) is 0 Å². The van der Waals surface area contributed by atoms with Crippen LogP contribution in [0.4, 0.5) is 11.4 Å². The summed E-state index contributed by atoms with van der Waals surface area (Å²) in [7, 11) is 0. The number of hydrogen-bond donors (Lipinski definition) is 3. The average Bonchev–Trinajstić information content (AvgIpc) is 2.52. The molecule has 0 atom stereocenters. The summed E-state index contributed by atoms with van der Waals surface area (Å²) < 4.78 is 0. The van der Waals surface area contributed by atoms with E-state index in [0.717, 1.165) is 0 Å². The van der Waals surface area contributed by atoms with Gasteiger partial charge in [0.1, 0.15) is 11.4 Å². The Bertz CT molecular complexity index is 688. The molecule has 0 unspecified atom stereocenters. The van der Waals surface area contributed by atoms with Gasteiger partial charge in [-0.3, -0.25) is 14.9 Å². The highest BCUT2D eigenvalue weighted by molar-refractivity contribution is 5.96. The lowest BCUT2D eigenvalue weighted by atomic mass is 10.2. The summed E-state index contributed by atoms with van der Waals surface area (Å²) in [6.45, 7) is 0.587. The fourth-order valence-electron chi connectivity index (χ4n) is 1.92. The van der Waals surface area contributed by atoms with Gasteiger partial charge in [0.05, 0.1) is 10.5 Å². The Balaban J connectivity index is 1.87. The number of phenols is 1. The second kappa shape index (κ2) is 7.07. The molecule has 0 aliphatic heterocycles. The van der Waals surface area contributed by atoms with Crippen molar-refractivity contribution < 1.29 is 14.8 Å². The molecule has 0 fully saturated rings. The minimum Gasteiger partial charge on any atom is -0.507 e. The quantitative estimate of drug-likeness (QED) is 0.431. The van der Waals surface area contributed by atoms with Gasteiger partial charge in [0.15, 0.2) is 0 Å². The van der Waals surface area contributed by atoms with Crippen molar-refractivity contribution in [3.63, 3.8) is 0 Å². The molecule has 0 aromatic heterocycles. The van der Waals surface area contributed by atoms with E-state index < -0.39 is 10.8 Å². The summed E-state index contributed by atoms with van der Waals surface area (Å²) in [4.78, 5) is 22.2. The first-order chi connectivity index (χ1) is 10.6. The summed E-state index contributed by atoms with van der Waals surface area (Å²) >= 11 is 0. The molecule has 0 aliphatic carbocycles. The molecule has 2 aromatic carbocycles. The molecule has 114 valence electrons. The smallest absolute Gasteiger partial charge is 0.292 e. The van der Waals surface area contributed by atoms with Gasteiger partial charge in [-0.2, -0.15) is 0 Å². The standard InChI is InChI=1S/C15H15N3O4/c19-14-8-4-1-5-11(14)15(20)17-10-9-16-12-6-2-3-7-13(12)18(21)22/h1-8,16,19H,9-10H2,(H,17,20). The zero-order chi connectivity index (χ0) is 15.9. The van der Waals surface area contributed by atoms with Crippen molar-refractivity contribution in [2.75, 3.05) is 18.4 Å². The Kier molecular flexibility index (Phi) is 4.92. The number of nitro groups is 1. The van der Waals surface area contributed by atoms with Crippen LogP contribution < -0.4 is 10.6 Å². The minimum absolute atomic E-state index is 0.0190. The predicted octanol–water partition coefficient (Wildman–Crippen LogP) is 2.14. The van der Waals surface area contributed by atoms with Crippen LogP contribution in [0.15, 0.2) is 48.5 Å². The van der Waals surface area contributed by atoms with Gasteiger partial charge in [-0.1, -0.05) is 24.3 Å². The molecule has 7 heteroatoms. The summed E-state index contributed by atoms with van der Waals surface area (Å²) in [6, 6.07) is 12.5. The Morgan fingerprint density at radius 2 is 1.77 bits per heavy atom. The largest absolute Gasteiger partial charge is 0.507 e. The van der Waals surface area contributed by atoms with Crippen molar-refractivity contribution in [3.05, 3.63) is 64.2 Å². The molecule has 1 amide bonds. The van der Waals surface area contributed by atoms with Crippen LogP contribution in [0.5, 0.6) is 5.75 Å². The van der Waals surface area contributed by atoms with E-state index in [2.05, 4.69) is 10.6 Å². The average molecular weight is 301 g/mol. The van der Waals surface area contributed by atoms with Crippen LogP contribution >= 0.6 is 0 Å². The third-order valence-electron chi connectivity index (χ3n) is 2.98. The number of benzene rings is 2. The number of phenolic OH excluding ortho intramolecular Hbond substituents is 1. The van der Waals surface area contributed by atoms with Crippen LogP contribution in [-0.4, -0.2) is 29.0 Å². The van der Waals surface area contributed by atoms with Crippen LogP contribution in [-0.2, 0) is 0 Å². The summed E-state index contributed by atoms with van der Waals surface area (Å²) in [5.41, 5.74) is 0.562. The first-order valence-electron chi connectivity index (χ1n) is 6.63. The second-order valence-electron chi connectivity index (χ2n) is 4.47. The number of anilines is 1. The highest BCUT2D eigenvalue weighted by atomic mass is 16.6. The van der Waals surface area contributed by atoms with Crippen molar-refractivity contribution in [1.82, 2.24) is 5.32 Å². The van der Waals surface area contributed by atoms with E-state index in [1.54, 1.807) is 30.3 Å². The van der Waals surface area contributed by atoms with Crippen LogP contribution in [0.1, 0.15) is 10.4 Å². The molecule has 2 aromatic rings. The molecule has 0 saturated carbocycles. The maximum atomic E-state index is 11.8. The second-order valence-corrected chi connectivity index (χ2v) is 4.47. The maximum absolute atomic E-state index is 11.8. The number of rotatable bonds is 6. The monoisotopic (exact) mass is 301 g/mol. The van der Waals surface area contributed by atoms with Gasteiger partial charge in [-0.15, -0.1) is 0 Å². The molecule has 22 heavy (non-hydrogen) atoms. The molecule has 0 heterocycles. The number of hydrogen-bond acceptors (Lipinski definition) is 5. The van der Waals surface area contributed by atoms with E-state index >= 15 is 0 Å². The normalized spacial score (nSPS) is 10.0. The summed E-state index contributed by atoms with van der Waals surface area (Å²) in [5, 5.41) is 25.9. The van der Waals surface area contributed by atoms with Gasteiger partial charge in [0.25, 0.3) is 11.6 Å². The highest BCUT2D eigenvalue weighted by Crippen LogP contribution is 2.22. The van der Waals surface area contributed by atoms with E-state index in [-0.39, 0.29) is 23.5 Å². The number of amides is 1. The number of carbonyl (C=O) groups excluding carboxylic acids is 1. The molecule has 7 nitrogen and oxygen atoms in total. The highest BCUT2D eigenvalue weighted by Gasteiger charge is 2.12. The van der Waals surface area contributed by atoms with E-state index in [4.69, 9.17) is 0 Å². The number of aromatic hydroxyl groups is 1. The fraction of sp³-hybridized carbons (Fsp3) is 0.133. The Labute approximate surface area is 126 Å². The number of nitrogens with one attached hydrogen (secondary N) is 2. The predicted molar refractivity (Wildman–Crippen MR) is 82.0 cm³/mol. The van der Waals surface area contributed by atoms with E-state index in [1.165, 1.54) is 18.2 Å². The van der Waals surface area contributed by atoms with E-state index in [1.807, 2.05) is 0 Å².